The van der Waals surface area contributed by atoms with Gasteiger partial charge in [-0.2, -0.15) is 0 Å². The number of esters is 1. The number of halogens is 1. The number of nitrogens with one attached hydrogen (secondary N) is 1. The van der Waals surface area contributed by atoms with Gasteiger partial charge in [0, 0.05) is 21.8 Å². The van der Waals surface area contributed by atoms with E-state index in [2.05, 4.69) is 21.2 Å². The molecule has 2 rings (SSSR count). The molecule has 0 aliphatic rings. The van der Waals surface area contributed by atoms with Crippen LogP contribution >= 0.6 is 15.9 Å². The Morgan fingerprint density at radius 1 is 1.24 bits per heavy atom. The summed E-state index contributed by atoms with van der Waals surface area (Å²) in [5, 5.41) is 13.5. The molecule has 0 spiro atoms. The Morgan fingerprint density at radius 3 is 2.64 bits per heavy atom. The van der Waals surface area contributed by atoms with Crippen LogP contribution in [-0.2, 0) is 20.7 Å². The van der Waals surface area contributed by atoms with E-state index < -0.39 is 23.4 Å². The van der Waals surface area contributed by atoms with Crippen LogP contribution < -0.4 is 5.32 Å². The lowest BCUT2D eigenvalue weighted by molar-refractivity contribution is -0.385. The first-order valence-electron chi connectivity index (χ1n) is 7.30. The summed E-state index contributed by atoms with van der Waals surface area (Å²) < 4.78 is 5.80. The third kappa shape index (κ3) is 5.39. The molecule has 25 heavy (non-hydrogen) atoms. The number of amides is 1. The van der Waals surface area contributed by atoms with E-state index in [1.54, 1.807) is 24.3 Å². The van der Waals surface area contributed by atoms with E-state index >= 15 is 0 Å². The molecule has 0 saturated heterocycles. The average molecular weight is 407 g/mol. The highest BCUT2D eigenvalue weighted by molar-refractivity contribution is 9.10. The quantitative estimate of drug-likeness (QED) is 0.450. The van der Waals surface area contributed by atoms with Gasteiger partial charge in [0.25, 0.3) is 11.6 Å². The maximum Gasteiger partial charge on any atom is 0.311 e. The normalized spacial score (nSPS) is 10.2. The molecule has 0 saturated carbocycles. The fourth-order valence-corrected chi connectivity index (χ4v) is 2.36. The fourth-order valence-electron chi connectivity index (χ4n) is 2.11. The van der Waals surface area contributed by atoms with E-state index in [4.69, 9.17) is 4.74 Å². The number of para-hydroxylation sites is 1. The largest absolute Gasteiger partial charge is 0.455 e. The second kappa shape index (κ2) is 8.39. The van der Waals surface area contributed by atoms with Gasteiger partial charge in [-0.3, -0.25) is 19.7 Å². The molecular weight excluding hydrogens is 392 g/mol. The summed E-state index contributed by atoms with van der Waals surface area (Å²) in [5.74, 6) is -1.20. The molecule has 2 aromatic rings. The van der Waals surface area contributed by atoms with Crippen molar-refractivity contribution in [2.75, 3.05) is 11.9 Å². The number of aryl methyl sites for hydroxylation is 1. The van der Waals surface area contributed by atoms with Gasteiger partial charge in [-0.15, -0.1) is 0 Å². The van der Waals surface area contributed by atoms with Crippen molar-refractivity contribution in [3.8, 4) is 0 Å². The smallest absolute Gasteiger partial charge is 0.311 e. The third-order valence-corrected chi connectivity index (χ3v) is 4.22. The van der Waals surface area contributed by atoms with Crippen LogP contribution in [0.3, 0.4) is 0 Å². The Hall–Kier alpha value is -2.74. The van der Waals surface area contributed by atoms with Crippen LogP contribution in [0.4, 0.5) is 11.4 Å². The van der Waals surface area contributed by atoms with E-state index in [-0.39, 0.29) is 17.7 Å². The van der Waals surface area contributed by atoms with Gasteiger partial charge in [-0.25, -0.2) is 0 Å². The van der Waals surface area contributed by atoms with Crippen LogP contribution in [0.25, 0.3) is 0 Å². The number of nitrogens with zero attached hydrogens (tertiary/aromatic N) is 1. The number of nitro groups is 1. The summed E-state index contributed by atoms with van der Waals surface area (Å²) in [6.45, 7) is 1.42. The number of benzene rings is 2. The van der Waals surface area contributed by atoms with Crippen molar-refractivity contribution in [2.24, 2.45) is 0 Å². The predicted molar refractivity (Wildman–Crippen MR) is 95.3 cm³/mol. The SMILES string of the molecule is Cc1cc(NC(=O)COC(=O)Cc2ccccc2[N+](=O)[O-])ccc1Br. The molecule has 0 bridgehead atoms. The zero-order chi connectivity index (χ0) is 18.4. The number of carbonyl (C=O) groups is 2. The van der Waals surface area contributed by atoms with Crippen molar-refractivity contribution >= 4 is 39.2 Å². The lowest BCUT2D eigenvalue weighted by Gasteiger charge is -2.08. The molecule has 8 heteroatoms. The van der Waals surface area contributed by atoms with Gasteiger partial charge >= 0.3 is 5.97 Å². The van der Waals surface area contributed by atoms with Gasteiger partial charge in [0.2, 0.25) is 0 Å². The minimum atomic E-state index is -0.712. The average Bonchev–Trinajstić information content (AvgIpc) is 2.57. The summed E-state index contributed by atoms with van der Waals surface area (Å²) in [4.78, 5) is 34.0. The second-order valence-corrected chi connectivity index (χ2v) is 6.09. The summed E-state index contributed by atoms with van der Waals surface area (Å²) >= 11 is 3.36. The first-order chi connectivity index (χ1) is 11.9. The van der Waals surface area contributed by atoms with Crippen molar-refractivity contribution in [3.63, 3.8) is 0 Å². The number of anilines is 1. The summed E-state index contributed by atoms with van der Waals surface area (Å²) in [7, 11) is 0. The fraction of sp³-hybridized carbons (Fsp3) is 0.176. The first-order valence-corrected chi connectivity index (χ1v) is 8.10. The molecule has 7 nitrogen and oxygen atoms in total. The minimum Gasteiger partial charge on any atom is -0.455 e. The highest BCUT2D eigenvalue weighted by Crippen LogP contribution is 2.20. The van der Waals surface area contributed by atoms with Crippen molar-refractivity contribution in [1.82, 2.24) is 0 Å². The van der Waals surface area contributed by atoms with E-state index in [0.29, 0.717) is 5.69 Å². The summed E-state index contributed by atoms with van der Waals surface area (Å²) in [6, 6.07) is 11.2. The molecule has 0 atom stereocenters. The molecule has 0 aliphatic heterocycles. The van der Waals surface area contributed by atoms with Crippen LogP contribution in [0.1, 0.15) is 11.1 Å². The molecule has 1 N–H and O–H groups in total. The highest BCUT2D eigenvalue weighted by atomic mass is 79.9. The van der Waals surface area contributed by atoms with Gasteiger partial charge in [0.1, 0.15) is 0 Å². The molecule has 2 aromatic carbocycles. The van der Waals surface area contributed by atoms with Gasteiger partial charge in [-0.05, 0) is 30.7 Å². The van der Waals surface area contributed by atoms with Crippen molar-refractivity contribution in [3.05, 3.63) is 68.2 Å². The molecule has 0 aromatic heterocycles. The van der Waals surface area contributed by atoms with Crippen LogP contribution in [0.5, 0.6) is 0 Å². The molecule has 0 aliphatic carbocycles. The highest BCUT2D eigenvalue weighted by Gasteiger charge is 2.17. The maximum atomic E-state index is 11.8. The van der Waals surface area contributed by atoms with Gasteiger partial charge in [0.05, 0.1) is 11.3 Å². The Kier molecular flexibility index (Phi) is 6.24. The Morgan fingerprint density at radius 2 is 1.96 bits per heavy atom. The molecular formula is C17H15BrN2O5. The summed E-state index contributed by atoms with van der Waals surface area (Å²) in [5.41, 5.74) is 1.61. The molecule has 1 amide bonds. The van der Waals surface area contributed by atoms with E-state index in [9.17, 15) is 19.7 Å². The summed E-state index contributed by atoms with van der Waals surface area (Å²) in [6.07, 6.45) is -0.276. The topological polar surface area (TPSA) is 98.5 Å². The third-order valence-electron chi connectivity index (χ3n) is 3.33. The van der Waals surface area contributed by atoms with Crippen molar-refractivity contribution < 1.29 is 19.2 Å². The predicted octanol–water partition coefficient (Wildman–Crippen LogP) is 3.39. The van der Waals surface area contributed by atoms with Crippen molar-refractivity contribution in [1.29, 1.82) is 0 Å². The Labute approximate surface area is 152 Å². The Bertz CT molecular complexity index is 822. The number of nitro benzene ring substituents is 1. The molecule has 130 valence electrons. The number of hydrogen-bond donors (Lipinski definition) is 1. The number of hydrogen-bond acceptors (Lipinski definition) is 5. The first kappa shape index (κ1) is 18.6. The van der Waals surface area contributed by atoms with Crippen LogP contribution in [-0.4, -0.2) is 23.4 Å². The lowest BCUT2D eigenvalue weighted by Crippen LogP contribution is -2.21. The van der Waals surface area contributed by atoms with Crippen LogP contribution in [0.15, 0.2) is 46.9 Å². The molecule has 0 heterocycles. The number of rotatable bonds is 6. The van der Waals surface area contributed by atoms with Gasteiger partial charge < -0.3 is 10.1 Å². The van der Waals surface area contributed by atoms with E-state index in [1.165, 1.54) is 18.2 Å². The van der Waals surface area contributed by atoms with E-state index in [0.717, 1.165) is 10.0 Å². The lowest BCUT2D eigenvalue weighted by atomic mass is 10.1. The monoisotopic (exact) mass is 406 g/mol. The molecule has 0 radical (unpaired) electrons. The minimum absolute atomic E-state index is 0.158. The van der Waals surface area contributed by atoms with Gasteiger partial charge in [-0.1, -0.05) is 34.1 Å². The second-order valence-electron chi connectivity index (χ2n) is 5.24. The van der Waals surface area contributed by atoms with Crippen LogP contribution in [0, 0.1) is 17.0 Å². The Balaban J connectivity index is 1.88. The van der Waals surface area contributed by atoms with Gasteiger partial charge in [0.15, 0.2) is 6.61 Å². The maximum absolute atomic E-state index is 11.8. The van der Waals surface area contributed by atoms with E-state index in [1.807, 2.05) is 6.92 Å². The van der Waals surface area contributed by atoms with Crippen molar-refractivity contribution in [2.45, 2.75) is 13.3 Å². The standard InChI is InChI=1S/C17H15BrN2O5/c1-11-8-13(6-7-14(11)18)19-16(21)10-25-17(22)9-12-4-2-3-5-15(12)20(23)24/h2-8H,9-10H2,1H3,(H,19,21). The number of ether oxygens (including phenoxy) is 1. The number of carbonyl (C=O) groups excluding carboxylic acids is 2. The molecule has 0 unspecified atom stereocenters. The zero-order valence-electron chi connectivity index (χ0n) is 13.3. The zero-order valence-corrected chi connectivity index (χ0v) is 14.9. The van der Waals surface area contributed by atoms with Crippen LogP contribution in [0.2, 0.25) is 0 Å². The molecule has 0 fully saturated rings.